The fourth-order valence-corrected chi connectivity index (χ4v) is 1.72. The molecule has 0 bridgehead atoms. The van der Waals surface area contributed by atoms with Gasteiger partial charge in [-0.1, -0.05) is 0 Å². The van der Waals surface area contributed by atoms with Gasteiger partial charge in [-0.05, 0) is 25.1 Å². The van der Waals surface area contributed by atoms with Crippen LogP contribution in [0.2, 0.25) is 0 Å². The smallest absolute Gasteiger partial charge is 0.188 e. The van der Waals surface area contributed by atoms with Crippen LogP contribution in [-0.4, -0.2) is 30.2 Å². The largest absolute Gasteiger partial charge is 0.465 e. The van der Waals surface area contributed by atoms with Gasteiger partial charge in [-0.2, -0.15) is 0 Å². The maximum Gasteiger partial charge on any atom is 0.188 e. The Hall–Kier alpha value is -2.27. The minimum atomic E-state index is 0.0591. The molecule has 0 aliphatic carbocycles. The Balaban J connectivity index is 2.52. The monoisotopic (exact) mass is 258 g/mol. The SMILES string of the molecule is COCOc1c(C=O)ccnc1-c1ccnc(C)c1. The van der Waals surface area contributed by atoms with Crippen molar-refractivity contribution < 1.29 is 14.3 Å². The molecule has 0 saturated heterocycles. The first-order valence-electron chi connectivity index (χ1n) is 5.75. The number of nitrogens with zero attached hydrogens (tertiary/aromatic N) is 2. The molecule has 2 heterocycles. The fourth-order valence-electron chi connectivity index (χ4n) is 1.72. The van der Waals surface area contributed by atoms with E-state index in [1.807, 2.05) is 19.1 Å². The molecular formula is C14H14N2O3. The highest BCUT2D eigenvalue weighted by Crippen LogP contribution is 2.30. The van der Waals surface area contributed by atoms with Crippen molar-refractivity contribution in [1.82, 2.24) is 9.97 Å². The molecule has 0 unspecified atom stereocenters. The van der Waals surface area contributed by atoms with Gasteiger partial charge in [-0.15, -0.1) is 0 Å². The molecule has 0 aliphatic rings. The third-order valence-corrected chi connectivity index (χ3v) is 2.55. The predicted molar refractivity (Wildman–Crippen MR) is 70.1 cm³/mol. The Labute approximate surface area is 111 Å². The lowest BCUT2D eigenvalue weighted by atomic mass is 10.1. The van der Waals surface area contributed by atoms with E-state index in [2.05, 4.69) is 9.97 Å². The van der Waals surface area contributed by atoms with Crippen molar-refractivity contribution in [3.05, 3.63) is 41.9 Å². The molecule has 0 aliphatic heterocycles. The lowest BCUT2D eigenvalue weighted by Crippen LogP contribution is -2.04. The maximum atomic E-state index is 11.1. The molecule has 0 amide bonds. The van der Waals surface area contributed by atoms with E-state index in [9.17, 15) is 4.79 Å². The minimum absolute atomic E-state index is 0.0591. The van der Waals surface area contributed by atoms with Crippen molar-refractivity contribution in [2.24, 2.45) is 0 Å². The first-order valence-corrected chi connectivity index (χ1v) is 5.75. The highest BCUT2D eigenvalue weighted by molar-refractivity contribution is 5.84. The average Bonchev–Trinajstić information content (AvgIpc) is 2.44. The maximum absolute atomic E-state index is 11.1. The molecule has 0 aromatic carbocycles. The molecule has 0 N–H and O–H groups in total. The van der Waals surface area contributed by atoms with Gasteiger partial charge in [-0.25, -0.2) is 0 Å². The number of aryl methyl sites for hydroxylation is 1. The van der Waals surface area contributed by atoms with Crippen LogP contribution in [0.25, 0.3) is 11.3 Å². The van der Waals surface area contributed by atoms with E-state index in [1.54, 1.807) is 18.5 Å². The van der Waals surface area contributed by atoms with Crippen LogP contribution in [0.15, 0.2) is 30.6 Å². The van der Waals surface area contributed by atoms with Crippen LogP contribution < -0.4 is 4.74 Å². The Kier molecular flexibility index (Phi) is 4.20. The molecule has 2 aromatic rings. The van der Waals surface area contributed by atoms with Crippen molar-refractivity contribution in [1.29, 1.82) is 0 Å². The Morgan fingerprint density at radius 3 is 2.74 bits per heavy atom. The van der Waals surface area contributed by atoms with Crippen molar-refractivity contribution in [2.45, 2.75) is 6.92 Å². The second-order valence-electron chi connectivity index (χ2n) is 3.93. The lowest BCUT2D eigenvalue weighted by molar-refractivity contribution is 0.0507. The number of aromatic nitrogens is 2. The summed E-state index contributed by atoms with van der Waals surface area (Å²) in [7, 11) is 1.52. The van der Waals surface area contributed by atoms with Crippen molar-refractivity contribution in [3.63, 3.8) is 0 Å². The Bertz CT molecular complexity index is 585. The van der Waals surface area contributed by atoms with Crippen LogP contribution >= 0.6 is 0 Å². The number of carbonyl (C=O) groups is 1. The third-order valence-electron chi connectivity index (χ3n) is 2.55. The molecule has 5 nitrogen and oxygen atoms in total. The van der Waals surface area contributed by atoms with Crippen LogP contribution in [-0.2, 0) is 4.74 Å². The number of hydrogen-bond donors (Lipinski definition) is 0. The fraction of sp³-hybridized carbons (Fsp3) is 0.214. The van der Waals surface area contributed by atoms with E-state index in [1.165, 1.54) is 7.11 Å². The molecular weight excluding hydrogens is 244 g/mol. The summed E-state index contributed by atoms with van der Waals surface area (Å²) in [6.07, 6.45) is 4.01. The number of aldehydes is 1. The zero-order valence-corrected chi connectivity index (χ0v) is 10.8. The zero-order valence-electron chi connectivity index (χ0n) is 10.8. The Morgan fingerprint density at radius 1 is 1.26 bits per heavy atom. The van der Waals surface area contributed by atoms with Crippen LogP contribution in [0.1, 0.15) is 16.1 Å². The molecule has 0 saturated carbocycles. The summed E-state index contributed by atoms with van der Waals surface area (Å²) in [4.78, 5) is 19.5. The molecule has 5 heteroatoms. The number of ether oxygens (including phenoxy) is 2. The summed E-state index contributed by atoms with van der Waals surface area (Å²) < 4.78 is 10.3. The van der Waals surface area contributed by atoms with Gasteiger partial charge in [0.25, 0.3) is 0 Å². The topological polar surface area (TPSA) is 61.3 Å². The predicted octanol–water partition coefficient (Wildman–Crippen LogP) is 2.25. The number of methoxy groups -OCH3 is 1. The number of hydrogen-bond acceptors (Lipinski definition) is 5. The molecule has 2 aromatic heterocycles. The van der Waals surface area contributed by atoms with Gasteiger partial charge in [0.05, 0.1) is 5.56 Å². The Morgan fingerprint density at radius 2 is 2.05 bits per heavy atom. The van der Waals surface area contributed by atoms with E-state index >= 15 is 0 Å². The van der Waals surface area contributed by atoms with Gasteiger partial charge < -0.3 is 9.47 Å². The molecule has 19 heavy (non-hydrogen) atoms. The zero-order chi connectivity index (χ0) is 13.7. The molecule has 0 atom stereocenters. The number of pyridine rings is 2. The highest BCUT2D eigenvalue weighted by Gasteiger charge is 2.13. The number of rotatable bonds is 5. The number of carbonyl (C=O) groups excluding carboxylic acids is 1. The molecule has 2 rings (SSSR count). The lowest BCUT2D eigenvalue weighted by Gasteiger charge is -2.12. The van der Waals surface area contributed by atoms with Crippen LogP contribution in [0.4, 0.5) is 0 Å². The summed E-state index contributed by atoms with van der Waals surface area (Å²) in [5, 5.41) is 0. The average molecular weight is 258 g/mol. The second kappa shape index (κ2) is 6.06. The summed E-state index contributed by atoms with van der Waals surface area (Å²) in [6, 6.07) is 5.32. The summed E-state index contributed by atoms with van der Waals surface area (Å²) in [5.74, 6) is 0.421. The standard InChI is InChI=1S/C14H14N2O3/c1-10-7-11(3-5-15-10)13-14(19-9-18-2)12(8-17)4-6-16-13/h3-8H,9H2,1-2H3. The van der Waals surface area contributed by atoms with Gasteiger partial charge in [0.2, 0.25) is 0 Å². The van der Waals surface area contributed by atoms with Crippen molar-refractivity contribution in [2.75, 3.05) is 13.9 Å². The van der Waals surface area contributed by atoms with Gasteiger partial charge in [0.15, 0.2) is 18.8 Å². The highest BCUT2D eigenvalue weighted by atomic mass is 16.7. The quantitative estimate of drug-likeness (QED) is 0.608. The van der Waals surface area contributed by atoms with Crippen LogP contribution in [0.3, 0.4) is 0 Å². The third kappa shape index (κ3) is 2.95. The summed E-state index contributed by atoms with van der Waals surface area (Å²) in [5.41, 5.74) is 2.76. The van der Waals surface area contributed by atoms with E-state index in [0.29, 0.717) is 17.0 Å². The van der Waals surface area contributed by atoms with Gasteiger partial charge in [0, 0.05) is 30.8 Å². The normalized spacial score (nSPS) is 10.2. The summed E-state index contributed by atoms with van der Waals surface area (Å²) >= 11 is 0. The van der Waals surface area contributed by atoms with Crippen LogP contribution in [0, 0.1) is 6.92 Å². The minimum Gasteiger partial charge on any atom is -0.465 e. The van der Waals surface area contributed by atoms with Crippen LogP contribution in [0.5, 0.6) is 5.75 Å². The van der Waals surface area contributed by atoms with Gasteiger partial charge in [-0.3, -0.25) is 14.8 Å². The van der Waals surface area contributed by atoms with Crippen molar-refractivity contribution in [3.8, 4) is 17.0 Å². The van der Waals surface area contributed by atoms with Gasteiger partial charge >= 0.3 is 0 Å². The van der Waals surface area contributed by atoms with E-state index in [4.69, 9.17) is 9.47 Å². The first kappa shape index (κ1) is 13.2. The van der Waals surface area contributed by atoms with E-state index in [-0.39, 0.29) is 6.79 Å². The second-order valence-corrected chi connectivity index (χ2v) is 3.93. The molecule has 0 spiro atoms. The first-order chi connectivity index (χ1) is 9.26. The van der Waals surface area contributed by atoms with Gasteiger partial charge in [0.1, 0.15) is 5.69 Å². The van der Waals surface area contributed by atoms with Crippen molar-refractivity contribution >= 4 is 6.29 Å². The summed E-state index contributed by atoms with van der Waals surface area (Å²) in [6.45, 7) is 1.95. The van der Waals surface area contributed by atoms with E-state index in [0.717, 1.165) is 17.5 Å². The molecule has 0 fully saturated rings. The molecule has 98 valence electrons. The van der Waals surface area contributed by atoms with E-state index < -0.39 is 0 Å². The molecule has 0 radical (unpaired) electrons.